The fourth-order valence-electron chi connectivity index (χ4n) is 11.1. The Morgan fingerprint density at radius 3 is 1.59 bits per heavy atom. The molecular weight excluding hydrogens is 777 g/mol. The van der Waals surface area contributed by atoms with E-state index in [1.165, 1.54) is 69.0 Å². The number of rotatable bonds is 8. The van der Waals surface area contributed by atoms with Crippen LogP contribution in [0.3, 0.4) is 0 Å². The molecule has 8 aromatic carbocycles. The van der Waals surface area contributed by atoms with Crippen molar-refractivity contribution >= 4 is 39.8 Å². The minimum absolute atomic E-state index is 0.0154. The molecule has 1 spiro atoms. The normalized spacial score (nSPS) is 14.6. The lowest BCUT2D eigenvalue weighted by molar-refractivity contribution is 0.550. The van der Waals surface area contributed by atoms with E-state index in [0.717, 1.165) is 65.5 Å². The lowest BCUT2D eigenvalue weighted by Gasteiger charge is -2.41. The summed E-state index contributed by atoms with van der Waals surface area (Å²) in [4.78, 5) is 12.9. The number of pyridine rings is 1. The highest BCUT2D eigenvalue weighted by Crippen LogP contribution is 2.62. The zero-order valence-electron chi connectivity index (χ0n) is 35.8. The highest BCUT2D eigenvalue weighted by molar-refractivity contribution is 6.07. The molecule has 0 radical (unpaired) electrons. The molecule has 1 aliphatic heterocycles. The van der Waals surface area contributed by atoms with Crippen molar-refractivity contribution in [2.75, 3.05) is 27.8 Å². The minimum atomic E-state index is -0.0154. The Morgan fingerprint density at radius 1 is 0.422 bits per heavy atom. The molecule has 12 rings (SSSR count). The monoisotopic (exact) mass is 824 g/mol. The molecule has 9 aromatic rings. The highest BCUT2D eigenvalue weighted by Gasteiger charge is 2.47. The van der Waals surface area contributed by atoms with Crippen molar-refractivity contribution in [3.63, 3.8) is 0 Å². The number of para-hydroxylation sites is 4. The molecule has 4 nitrogen and oxygen atoms in total. The summed E-state index contributed by atoms with van der Waals surface area (Å²) in [5.41, 5.74) is 20.2. The van der Waals surface area contributed by atoms with E-state index in [9.17, 15) is 0 Å². The third kappa shape index (κ3) is 6.32. The van der Waals surface area contributed by atoms with Crippen molar-refractivity contribution in [2.45, 2.75) is 31.1 Å². The van der Waals surface area contributed by atoms with E-state index in [4.69, 9.17) is 4.98 Å². The predicted octanol–water partition coefficient (Wildman–Crippen LogP) is 15.7. The first kappa shape index (κ1) is 38.0. The number of fused-ring (bicyclic) bond motifs is 6. The quantitative estimate of drug-likeness (QED) is 0.152. The number of aromatic nitrogens is 1. The first-order valence-electron chi connectivity index (χ1n) is 22.8. The molecule has 2 aliphatic carbocycles. The van der Waals surface area contributed by atoms with Crippen LogP contribution in [0, 0.1) is 0 Å². The lowest BCUT2D eigenvalue weighted by Crippen LogP contribution is -2.36. The van der Waals surface area contributed by atoms with Crippen LogP contribution >= 0.6 is 0 Å². The molecule has 2 heterocycles. The Labute approximate surface area is 376 Å². The molecule has 0 atom stereocenters. The van der Waals surface area contributed by atoms with E-state index in [0.29, 0.717) is 0 Å². The second-order valence-corrected chi connectivity index (χ2v) is 17.4. The molecule has 3 aliphatic rings. The first-order valence-corrected chi connectivity index (χ1v) is 22.8. The average molecular weight is 825 g/mol. The molecular formula is C60H48N4. The van der Waals surface area contributed by atoms with Crippen LogP contribution in [0.25, 0.3) is 44.8 Å². The van der Waals surface area contributed by atoms with Gasteiger partial charge >= 0.3 is 0 Å². The van der Waals surface area contributed by atoms with Crippen molar-refractivity contribution in [1.29, 1.82) is 0 Å². The van der Waals surface area contributed by atoms with E-state index in [-0.39, 0.29) is 5.41 Å². The van der Waals surface area contributed by atoms with Crippen LogP contribution in [0.2, 0.25) is 0 Å². The molecule has 308 valence electrons. The fourth-order valence-corrected chi connectivity index (χ4v) is 11.1. The number of nitrogens with zero attached hydrogens (tertiary/aromatic N) is 4. The maximum Gasteiger partial charge on any atom is 0.0733 e. The van der Waals surface area contributed by atoms with Crippen molar-refractivity contribution in [1.82, 2.24) is 4.98 Å². The van der Waals surface area contributed by atoms with Crippen LogP contribution in [0.15, 0.2) is 218 Å². The van der Waals surface area contributed by atoms with Gasteiger partial charge in [0, 0.05) is 57.8 Å². The van der Waals surface area contributed by atoms with Crippen LogP contribution in [-0.4, -0.2) is 18.1 Å². The second kappa shape index (κ2) is 15.9. The number of benzene rings is 8. The Balaban J connectivity index is 1.20. The summed E-state index contributed by atoms with van der Waals surface area (Å²) in [5.74, 6) is 0. The maximum atomic E-state index is 5.36. The standard InChI is InChI=1S/C60H48N4/c1-6-21-43(22-7-1)53-41-48(42-54(61-53)44-23-8-2-9-24-44)64(47-29-14-5-15-30-47)55-36-35-52-57(49-31-16-17-33-51(49)60(52)37-18-19-38-60)58(55)50-32-20-34-56-59(50)63(46-27-12-4-13-28-46)40-39-62(56)45-25-10-3-11-26-45/h1-17,20-36,41-42H,18-19,37-40H2. The van der Waals surface area contributed by atoms with Crippen molar-refractivity contribution in [3.05, 3.63) is 230 Å². The van der Waals surface area contributed by atoms with Gasteiger partial charge in [-0.3, -0.25) is 0 Å². The van der Waals surface area contributed by atoms with Gasteiger partial charge in [0.2, 0.25) is 0 Å². The number of anilines is 7. The fraction of sp³-hybridized carbons (Fsp3) is 0.117. The van der Waals surface area contributed by atoms with Crippen LogP contribution in [0.4, 0.5) is 39.8 Å². The summed E-state index contributed by atoms with van der Waals surface area (Å²) in [7, 11) is 0. The minimum Gasteiger partial charge on any atom is -0.338 e. The topological polar surface area (TPSA) is 22.6 Å². The zero-order chi connectivity index (χ0) is 42.5. The largest absolute Gasteiger partial charge is 0.338 e. The lowest BCUT2D eigenvalue weighted by atomic mass is 9.76. The molecule has 0 unspecified atom stereocenters. The molecule has 64 heavy (non-hydrogen) atoms. The van der Waals surface area contributed by atoms with E-state index < -0.39 is 0 Å². The van der Waals surface area contributed by atoms with Crippen LogP contribution in [-0.2, 0) is 5.41 Å². The Bertz CT molecular complexity index is 3050. The third-order valence-corrected chi connectivity index (χ3v) is 13.9. The number of hydrogen-bond acceptors (Lipinski definition) is 4. The van der Waals surface area contributed by atoms with E-state index >= 15 is 0 Å². The zero-order valence-corrected chi connectivity index (χ0v) is 35.8. The molecule has 4 heteroatoms. The van der Waals surface area contributed by atoms with Gasteiger partial charge < -0.3 is 14.7 Å². The summed E-state index contributed by atoms with van der Waals surface area (Å²) in [6, 6.07) is 79.9. The summed E-state index contributed by atoms with van der Waals surface area (Å²) < 4.78 is 0. The summed E-state index contributed by atoms with van der Waals surface area (Å²) in [6.07, 6.45) is 4.79. The Kier molecular flexibility index (Phi) is 9.44. The Hall–Kier alpha value is -7.69. The van der Waals surface area contributed by atoms with Gasteiger partial charge in [0.05, 0.1) is 34.1 Å². The van der Waals surface area contributed by atoms with Crippen LogP contribution < -0.4 is 14.7 Å². The predicted molar refractivity (Wildman–Crippen MR) is 267 cm³/mol. The Morgan fingerprint density at radius 2 is 0.953 bits per heavy atom. The molecule has 0 amide bonds. The SMILES string of the molecule is c1ccc(-c2cc(N(c3ccccc3)c3ccc4c(c3-c3cccc5c3N(c3ccccc3)CCN5c3ccccc3)-c3ccccc3C43CCCC3)cc(-c3ccccc3)n2)cc1. The summed E-state index contributed by atoms with van der Waals surface area (Å²) >= 11 is 0. The van der Waals surface area contributed by atoms with E-state index in [2.05, 4.69) is 233 Å². The van der Waals surface area contributed by atoms with Gasteiger partial charge in [-0.1, -0.05) is 171 Å². The van der Waals surface area contributed by atoms with Gasteiger partial charge in [-0.2, -0.15) is 0 Å². The van der Waals surface area contributed by atoms with Crippen LogP contribution in [0.5, 0.6) is 0 Å². The van der Waals surface area contributed by atoms with Gasteiger partial charge in [-0.15, -0.1) is 0 Å². The molecule has 1 fully saturated rings. The van der Waals surface area contributed by atoms with Crippen molar-refractivity contribution in [3.8, 4) is 44.8 Å². The maximum absolute atomic E-state index is 5.36. The summed E-state index contributed by atoms with van der Waals surface area (Å²) in [6.45, 7) is 1.69. The van der Waals surface area contributed by atoms with Crippen molar-refractivity contribution < 1.29 is 0 Å². The van der Waals surface area contributed by atoms with Crippen molar-refractivity contribution in [2.24, 2.45) is 0 Å². The van der Waals surface area contributed by atoms with Gasteiger partial charge in [0.25, 0.3) is 0 Å². The molecule has 1 saturated carbocycles. The molecule has 1 aromatic heterocycles. The van der Waals surface area contributed by atoms with Crippen LogP contribution in [0.1, 0.15) is 36.8 Å². The average Bonchev–Trinajstić information content (AvgIpc) is 3.98. The molecule has 0 bridgehead atoms. The van der Waals surface area contributed by atoms with Gasteiger partial charge in [-0.25, -0.2) is 4.98 Å². The van der Waals surface area contributed by atoms with Gasteiger partial charge in [-0.05, 0) is 95.8 Å². The first-order chi connectivity index (χ1) is 31.7. The third-order valence-electron chi connectivity index (χ3n) is 13.9. The van der Waals surface area contributed by atoms with E-state index in [1.54, 1.807) is 0 Å². The van der Waals surface area contributed by atoms with Gasteiger partial charge in [0.1, 0.15) is 0 Å². The van der Waals surface area contributed by atoms with Gasteiger partial charge in [0.15, 0.2) is 0 Å². The smallest absolute Gasteiger partial charge is 0.0733 e. The number of hydrogen-bond donors (Lipinski definition) is 0. The second-order valence-electron chi connectivity index (χ2n) is 17.4. The van der Waals surface area contributed by atoms with E-state index in [1.807, 2.05) is 0 Å². The molecule has 0 N–H and O–H groups in total. The molecule has 0 saturated heterocycles. The summed E-state index contributed by atoms with van der Waals surface area (Å²) in [5, 5.41) is 0. The highest BCUT2D eigenvalue weighted by atomic mass is 15.3.